The third-order valence-electron chi connectivity index (χ3n) is 5.21. The molecule has 22 heavy (non-hydrogen) atoms. The van der Waals surface area contributed by atoms with Crippen LogP contribution in [0.3, 0.4) is 0 Å². The molecule has 0 aliphatic carbocycles. The molecule has 1 aliphatic rings. The predicted octanol–water partition coefficient (Wildman–Crippen LogP) is -0.472. The summed E-state index contributed by atoms with van der Waals surface area (Å²) in [5, 5.41) is 0.809. The molecule has 2 aromatic rings. The van der Waals surface area contributed by atoms with Gasteiger partial charge in [-0.3, -0.25) is 4.79 Å². The SMILES string of the molecule is Cc1[nH]c2ccccc2c(=O)c1C[NH+](C)C1CC[NH+](C)CC1. The molecule has 4 nitrogen and oxygen atoms in total. The molecule has 1 aromatic carbocycles. The molecule has 118 valence electrons. The molecule has 0 bridgehead atoms. The number of H-pyrrole nitrogens is 1. The highest BCUT2D eigenvalue weighted by Crippen LogP contribution is 2.10. The molecule has 1 aliphatic heterocycles. The Morgan fingerprint density at radius 1 is 1.27 bits per heavy atom. The van der Waals surface area contributed by atoms with E-state index in [1.807, 2.05) is 31.2 Å². The summed E-state index contributed by atoms with van der Waals surface area (Å²) in [6.45, 7) is 5.33. The van der Waals surface area contributed by atoms with E-state index in [4.69, 9.17) is 0 Å². The molecule has 0 radical (unpaired) electrons. The van der Waals surface area contributed by atoms with Crippen LogP contribution in [0.5, 0.6) is 0 Å². The molecule has 2 heterocycles. The summed E-state index contributed by atoms with van der Waals surface area (Å²) in [6, 6.07) is 8.48. The largest absolute Gasteiger partial charge is 0.358 e. The fourth-order valence-electron chi connectivity index (χ4n) is 3.64. The van der Waals surface area contributed by atoms with E-state index in [9.17, 15) is 4.79 Å². The van der Waals surface area contributed by atoms with E-state index in [2.05, 4.69) is 19.1 Å². The van der Waals surface area contributed by atoms with Gasteiger partial charge in [-0.1, -0.05) is 12.1 Å². The zero-order chi connectivity index (χ0) is 15.7. The Hall–Kier alpha value is -1.65. The number of hydrogen-bond donors (Lipinski definition) is 3. The van der Waals surface area contributed by atoms with Crippen molar-refractivity contribution in [2.24, 2.45) is 0 Å². The number of likely N-dealkylation sites (tertiary alicyclic amines) is 1. The van der Waals surface area contributed by atoms with Gasteiger partial charge in [-0.15, -0.1) is 0 Å². The number of benzene rings is 1. The van der Waals surface area contributed by atoms with Gasteiger partial charge in [-0.2, -0.15) is 0 Å². The quantitative estimate of drug-likeness (QED) is 0.705. The fraction of sp³-hybridized carbons (Fsp3) is 0.500. The van der Waals surface area contributed by atoms with Crippen LogP contribution in [-0.4, -0.2) is 38.2 Å². The summed E-state index contributed by atoms with van der Waals surface area (Å²) >= 11 is 0. The Kier molecular flexibility index (Phi) is 4.32. The lowest BCUT2D eigenvalue weighted by Gasteiger charge is -2.30. The number of piperidine rings is 1. The van der Waals surface area contributed by atoms with Crippen molar-refractivity contribution in [1.29, 1.82) is 0 Å². The molecule has 4 heteroatoms. The fourth-order valence-corrected chi connectivity index (χ4v) is 3.64. The highest BCUT2D eigenvalue weighted by Gasteiger charge is 2.27. The lowest BCUT2D eigenvalue weighted by Crippen LogP contribution is -3.17. The number of aromatic nitrogens is 1. The van der Waals surface area contributed by atoms with Crippen LogP contribution in [0, 0.1) is 6.92 Å². The van der Waals surface area contributed by atoms with E-state index < -0.39 is 0 Å². The first-order chi connectivity index (χ1) is 10.6. The van der Waals surface area contributed by atoms with Crippen LogP contribution in [0.2, 0.25) is 0 Å². The first kappa shape index (κ1) is 15.3. The average Bonchev–Trinajstić information content (AvgIpc) is 2.52. The summed E-state index contributed by atoms with van der Waals surface area (Å²) in [4.78, 5) is 19.3. The summed E-state index contributed by atoms with van der Waals surface area (Å²) in [6.07, 6.45) is 2.50. The van der Waals surface area contributed by atoms with Gasteiger partial charge in [0.1, 0.15) is 6.54 Å². The maximum atomic E-state index is 12.8. The van der Waals surface area contributed by atoms with Crippen LogP contribution < -0.4 is 15.2 Å². The van der Waals surface area contributed by atoms with Gasteiger partial charge in [-0.05, 0) is 19.1 Å². The van der Waals surface area contributed by atoms with Gasteiger partial charge in [0, 0.05) is 29.4 Å². The number of aromatic amines is 1. The van der Waals surface area contributed by atoms with Crippen LogP contribution in [0.4, 0.5) is 0 Å². The van der Waals surface area contributed by atoms with E-state index in [0.29, 0.717) is 6.04 Å². The smallest absolute Gasteiger partial charge is 0.198 e. The van der Waals surface area contributed by atoms with Crippen molar-refractivity contribution < 1.29 is 9.80 Å². The summed E-state index contributed by atoms with van der Waals surface area (Å²) < 4.78 is 0. The number of pyridine rings is 1. The van der Waals surface area contributed by atoms with Crippen LogP contribution in [0.15, 0.2) is 29.1 Å². The van der Waals surface area contributed by atoms with E-state index >= 15 is 0 Å². The maximum Gasteiger partial charge on any atom is 0.198 e. The van der Waals surface area contributed by atoms with E-state index in [1.54, 1.807) is 4.90 Å². The lowest BCUT2D eigenvalue weighted by atomic mass is 10.0. The van der Waals surface area contributed by atoms with Crippen LogP contribution in [0.25, 0.3) is 10.9 Å². The van der Waals surface area contributed by atoms with Crippen molar-refractivity contribution in [3.05, 3.63) is 45.7 Å². The van der Waals surface area contributed by atoms with E-state index in [-0.39, 0.29) is 5.43 Å². The highest BCUT2D eigenvalue weighted by molar-refractivity contribution is 5.79. The second kappa shape index (κ2) is 6.23. The molecule has 0 amide bonds. The molecular formula is C18H27N3O+2. The van der Waals surface area contributed by atoms with Crippen LogP contribution in [-0.2, 0) is 6.54 Å². The van der Waals surface area contributed by atoms with E-state index in [1.165, 1.54) is 30.8 Å². The van der Waals surface area contributed by atoms with E-state index in [0.717, 1.165) is 28.7 Å². The van der Waals surface area contributed by atoms with Gasteiger partial charge in [0.15, 0.2) is 5.43 Å². The third kappa shape index (κ3) is 2.94. The number of nitrogens with one attached hydrogen (secondary N) is 3. The average molecular weight is 301 g/mol. The zero-order valence-corrected chi connectivity index (χ0v) is 13.8. The Balaban J connectivity index is 1.86. The number of para-hydroxylation sites is 1. The number of aryl methyl sites for hydroxylation is 1. The molecule has 1 fully saturated rings. The normalized spacial score (nSPS) is 23.6. The summed E-state index contributed by atoms with van der Waals surface area (Å²) in [5.74, 6) is 0. The monoisotopic (exact) mass is 301 g/mol. The van der Waals surface area contributed by atoms with Crippen LogP contribution in [0.1, 0.15) is 24.1 Å². The van der Waals surface area contributed by atoms with Crippen molar-refractivity contribution in [2.75, 3.05) is 27.2 Å². The molecule has 3 rings (SSSR count). The zero-order valence-electron chi connectivity index (χ0n) is 13.8. The Morgan fingerprint density at radius 3 is 2.68 bits per heavy atom. The lowest BCUT2D eigenvalue weighted by molar-refractivity contribution is -0.948. The first-order valence-electron chi connectivity index (χ1n) is 8.30. The van der Waals surface area contributed by atoms with Gasteiger partial charge in [0.2, 0.25) is 0 Å². The molecule has 1 atom stereocenters. The van der Waals surface area contributed by atoms with Gasteiger partial charge >= 0.3 is 0 Å². The number of quaternary nitrogens is 2. The van der Waals surface area contributed by atoms with Gasteiger partial charge in [0.25, 0.3) is 0 Å². The molecular weight excluding hydrogens is 274 g/mol. The van der Waals surface area contributed by atoms with Crippen LogP contribution >= 0.6 is 0 Å². The standard InChI is InChI=1S/C18H25N3O/c1-13-16(12-21(3)14-8-10-20(2)11-9-14)18(22)15-6-4-5-7-17(15)19-13/h4-7,14H,8-12H2,1-3H3,(H,19,22)/p+2. The molecule has 1 aromatic heterocycles. The van der Waals surface area contributed by atoms with Crippen molar-refractivity contribution in [1.82, 2.24) is 4.98 Å². The van der Waals surface area contributed by atoms with Gasteiger partial charge < -0.3 is 14.8 Å². The predicted molar refractivity (Wildman–Crippen MR) is 89.5 cm³/mol. The minimum Gasteiger partial charge on any atom is -0.358 e. The molecule has 1 saturated heterocycles. The Morgan fingerprint density at radius 2 is 1.95 bits per heavy atom. The number of rotatable bonds is 3. The topological polar surface area (TPSA) is 41.7 Å². The molecule has 0 saturated carbocycles. The van der Waals surface area contributed by atoms with Crippen molar-refractivity contribution in [2.45, 2.75) is 32.4 Å². The molecule has 3 N–H and O–H groups in total. The molecule has 0 spiro atoms. The number of hydrogen-bond acceptors (Lipinski definition) is 1. The second-order valence-electron chi connectivity index (χ2n) is 6.86. The number of fused-ring (bicyclic) bond motifs is 1. The Bertz CT molecular complexity index is 714. The summed E-state index contributed by atoms with van der Waals surface area (Å²) in [5.41, 5.74) is 3.10. The molecule has 1 unspecified atom stereocenters. The van der Waals surface area contributed by atoms with Crippen molar-refractivity contribution in [3.8, 4) is 0 Å². The third-order valence-corrected chi connectivity index (χ3v) is 5.21. The second-order valence-corrected chi connectivity index (χ2v) is 6.86. The minimum absolute atomic E-state index is 0.199. The maximum absolute atomic E-state index is 12.8. The highest BCUT2D eigenvalue weighted by atomic mass is 16.1. The van der Waals surface area contributed by atoms with Gasteiger partial charge in [0.05, 0.1) is 38.8 Å². The first-order valence-corrected chi connectivity index (χ1v) is 8.30. The van der Waals surface area contributed by atoms with Crippen molar-refractivity contribution in [3.63, 3.8) is 0 Å². The van der Waals surface area contributed by atoms with Crippen molar-refractivity contribution >= 4 is 10.9 Å². The Labute approximate surface area is 131 Å². The minimum atomic E-state index is 0.199. The van der Waals surface area contributed by atoms with Gasteiger partial charge in [-0.25, -0.2) is 0 Å². The summed E-state index contributed by atoms with van der Waals surface area (Å²) in [7, 11) is 4.50.